The predicted molar refractivity (Wildman–Crippen MR) is 108 cm³/mol. The summed E-state index contributed by atoms with van der Waals surface area (Å²) in [7, 11) is 1.60. The molecular weight excluding hydrogens is 386 g/mol. The average molecular weight is 407 g/mol. The summed E-state index contributed by atoms with van der Waals surface area (Å²) in [6.45, 7) is 5.14. The van der Waals surface area contributed by atoms with Gasteiger partial charge in [0.1, 0.15) is 5.75 Å². The van der Waals surface area contributed by atoms with Crippen molar-refractivity contribution < 1.29 is 14.4 Å². The summed E-state index contributed by atoms with van der Waals surface area (Å²) in [6, 6.07) is 7.21. The van der Waals surface area contributed by atoms with Crippen LogP contribution in [0, 0.1) is 13.8 Å². The summed E-state index contributed by atoms with van der Waals surface area (Å²) in [5.74, 6) is 1.45. The number of methoxy groups -OCH3 is 1. The Balaban J connectivity index is 1.61. The molecule has 10 heteroatoms. The Morgan fingerprint density at radius 1 is 1.17 bits per heavy atom. The average Bonchev–Trinajstić information content (AvgIpc) is 3.37. The van der Waals surface area contributed by atoms with E-state index < -0.39 is 5.60 Å². The number of rotatable bonds is 6. The Labute approximate surface area is 172 Å². The van der Waals surface area contributed by atoms with Crippen LogP contribution < -0.4 is 10.1 Å². The zero-order chi connectivity index (χ0) is 21.3. The second-order valence-corrected chi connectivity index (χ2v) is 6.92. The SMILES string of the molecule is COc1cc(Nc2nccc(C(C)(O)c3nc(C)no3)n2)ccc1-n1cnc(C)c1. The van der Waals surface area contributed by atoms with Gasteiger partial charge in [0.15, 0.2) is 11.4 Å². The minimum Gasteiger partial charge on any atom is -0.494 e. The molecule has 2 N–H and O–H groups in total. The highest BCUT2D eigenvalue weighted by Crippen LogP contribution is 2.29. The van der Waals surface area contributed by atoms with Crippen molar-refractivity contribution in [3.05, 3.63) is 66.1 Å². The van der Waals surface area contributed by atoms with Crippen LogP contribution in [0.1, 0.15) is 30.0 Å². The Kier molecular flexibility index (Phi) is 4.92. The van der Waals surface area contributed by atoms with E-state index in [2.05, 4.69) is 30.4 Å². The Morgan fingerprint density at radius 3 is 2.67 bits per heavy atom. The summed E-state index contributed by atoms with van der Waals surface area (Å²) in [5, 5.41) is 17.7. The molecule has 1 atom stereocenters. The summed E-state index contributed by atoms with van der Waals surface area (Å²) in [6.07, 6.45) is 5.19. The van der Waals surface area contributed by atoms with E-state index in [1.807, 2.05) is 35.9 Å². The lowest BCUT2D eigenvalue weighted by molar-refractivity contribution is 0.0595. The molecule has 1 aromatic carbocycles. The summed E-state index contributed by atoms with van der Waals surface area (Å²) < 4.78 is 12.5. The third kappa shape index (κ3) is 3.72. The number of imidazole rings is 1. The van der Waals surface area contributed by atoms with Gasteiger partial charge in [0, 0.05) is 24.1 Å². The van der Waals surface area contributed by atoms with Crippen molar-refractivity contribution in [1.29, 1.82) is 0 Å². The molecule has 0 aliphatic carbocycles. The van der Waals surface area contributed by atoms with Crippen LogP contribution in [0.2, 0.25) is 0 Å². The largest absolute Gasteiger partial charge is 0.494 e. The molecule has 0 bridgehead atoms. The van der Waals surface area contributed by atoms with Gasteiger partial charge in [0.25, 0.3) is 5.89 Å². The summed E-state index contributed by atoms with van der Waals surface area (Å²) in [4.78, 5) is 17.0. The number of hydrogen-bond acceptors (Lipinski definition) is 9. The molecule has 0 aliphatic heterocycles. The van der Waals surface area contributed by atoms with Crippen molar-refractivity contribution in [2.45, 2.75) is 26.4 Å². The maximum absolute atomic E-state index is 10.9. The van der Waals surface area contributed by atoms with Crippen molar-refractivity contribution >= 4 is 11.6 Å². The number of nitrogens with one attached hydrogen (secondary N) is 1. The van der Waals surface area contributed by atoms with E-state index in [0.717, 1.165) is 17.1 Å². The van der Waals surface area contributed by atoms with Crippen molar-refractivity contribution in [2.75, 3.05) is 12.4 Å². The molecule has 154 valence electrons. The van der Waals surface area contributed by atoms with Crippen molar-refractivity contribution in [3.8, 4) is 11.4 Å². The molecular formula is C20H21N7O3. The number of aromatic nitrogens is 6. The Morgan fingerprint density at radius 2 is 2.00 bits per heavy atom. The van der Waals surface area contributed by atoms with E-state index in [-0.39, 0.29) is 5.89 Å². The molecule has 0 aliphatic rings. The second kappa shape index (κ2) is 7.56. The van der Waals surface area contributed by atoms with Gasteiger partial charge in [-0.15, -0.1) is 0 Å². The molecule has 0 radical (unpaired) electrons. The van der Waals surface area contributed by atoms with Crippen LogP contribution in [-0.2, 0) is 5.60 Å². The van der Waals surface area contributed by atoms with Gasteiger partial charge in [-0.05, 0) is 39.0 Å². The molecule has 0 saturated carbocycles. The van der Waals surface area contributed by atoms with Gasteiger partial charge in [0.05, 0.1) is 30.5 Å². The first-order valence-corrected chi connectivity index (χ1v) is 9.19. The van der Waals surface area contributed by atoms with E-state index in [0.29, 0.717) is 23.2 Å². The quantitative estimate of drug-likeness (QED) is 0.496. The van der Waals surface area contributed by atoms with Crippen molar-refractivity contribution in [1.82, 2.24) is 29.7 Å². The van der Waals surface area contributed by atoms with E-state index in [1.165, 1.54) is 6.92 Å². The zero-order valence-electron chi connectivity index (χ0n) is 17.0. The number of benzene rings is 1. The fourth-order valence-corrected chi connectivity index (χ4v) is 2.95. The van der Waals surface area contributed by atoms with Gasteiger partial charge in [-0.3, -0.25) is 0 Å². The molecule has 4 aromatic rings. The van der Waals surface area contributed by atoms with Crippen LogP contribution >= 0.6 is 0 Å². The van der Waals surface area contributed by atoms with Gasteiger partial charge in [-0.25, -0.2) is 15.0 Å². The molecule has 0 fully saturated rings. The third-order valence-corrected chi connectivity index (χ3v) is 4.52. The fourth-order valence-electron chi connectivity index (χ4n) is 2.95. The number of hydrogen-bond donors (Lipinski definition) is 2. The molecule has 30 heavy (non-hydrogen) atoms. The van der Waals surface area contributed by atoms with Gasteiger partial charge >= 0.3 is 0 Å². The van der Waals surface area contributed by atoms with Crippen LogP contribution in [0.15, 0.2) is 47.5 Å². The molecule has 4 rings (SSSR count). The van der Waals surface area contributed by atoms with Crippen LogP contribution in [0.25, 0.3) is 5.69 Å². The zero-order valence-corrected chi connectivity index (χ0v) is 17.0. The predicted octanol–water partition coefficient (Wildman–Crippen LogP) is 2.67. The fraction of sp³-hybridized carbons (Fsp3) is 0.250. The number of aryl methyl sites for hydroxylation is 2. The number of nitrogens with zero attached hydrogens (tertiary/aromatic N) is 6. The first kappa shape index (κ1) is 19.5. The molecule has 0 saturated heterocycles. The molecule has 3 heterocycles. The molecule has 3 aromatic heterocycles. The third-order valence-electron chi connectivity index (χ3n) is 4.52. The number of anilines is 2. The number of aliphatic hydroxyl groups is 1. The van der Waals surface area contributed by atoms with Gasteiger partial charge < -0.3 is 24.3 Å². The monoisotopic (exact) mass is 407 g/mol. The van der Waals surface area contributed by atoms with Gasteiger partial charge in [-0.2, -0.15) is 4.98 Å². The molecule has 0 spiro atoms. The first-order chi connectivity index (χ1) is 14.4. The van der Waals surface area contributed by atoms with Crippen LogP contribution in [0.5, 0.6) is 5.75 Å². The maximum atomic E-state index is 10.9. The van der Waals surface area contributed by atoms with Gasteiger partial charge in [0.2, 0.25) is 5.95 Å². The minimum atomic E-state index is -1.55. The van der Waals surface area contributed by atoms with Crippen molar-refractivity contribution in [2.24, 2.45) is 0 Å². The van der Waals surface area contributed by atoms with Crippen LogP contribution in [0.4, 0.5) is 11.6 Å². The maximum Gasteiger partial charge on any atom is 0.264 e. The lowest BCUT2D eigenvalue weighted by atomic mass is 10.0. The highest BCUT2D eigenvalue weighted by atomic mass is 16.5. The van der Waals surface area contributed by atoms with E-state index in [4.69, 9.17) is 9.26 Å². The smallest absolute Gasteiger partial charge is 0.264 e. The van der Waals surface area contributed by atoms with E-state index >= 15 is 0 Å². The molecule has 10 nitrogen and oxygen atoms in total. The normalized spacial score (nSPS) is 13.1. The summed E-state index contributed by atoms with van der Waals surface area (Å²) in [5.41, 5.74) is 1.25. The first-order valence-electron chi connectivity index (χ1n) is 9.19. The molecule has 0 amide bonds. The topological polar surface area (TPSA) is 124 Å². The second-order valence-electron chi connectivity index (χ2n) is 6.92. The van der Waals surface area contributed by atoms with E-state index in [9.17, 15) is 5.11 Å². The lowest BCUT2D eigenvalue weighted by Crippen LogP contribution is -2.25. The van der Waals surface area contributed by atoms with Crippen LogP contribution in [0.3, 0.4) is 0 Å². The highest BCUT2D eigenvalue weighted by molar-refractivity contribution is 5.62. The number of ether oxygens (including phenoxy) is 1. The molecule has 1 unspecified atom stereocenters. The highest BCUT2D eigenvalue weighted by Gasteiger charge is 2.34. The van der Waals surface area contributed by atoms with Crippen molar-refractivity contribution in [3.63, 3.8) is 0 Å². The van der Waals surface area contributed by atoms with Crippen LogP contribution in [-0.4, -0.2) is 41.9 Å². The standard InChI is InChI=1S/C20H21N7O3/c1-12-10-27(11-22-12)15-6-5-14(9-16(15)29-4)24-19-21-8-7-17(25-19)20(3,28)18-23-13(2)26-30-18/h5-11,28H,1-4H3,(H,21,24,25). The Hall–Kier alpha value is -3.79. The lowest BCUT2D eigenvalue weighted by Gasteiger charge is -2.18. The van der Waals surface area contributed by atoms with E-state index in [1.54, 1.807) is 32.6 Å². The Bertz CT molecular complexity index is 1180. The minimum absolute atomic E-state index is 0.0614. The summed E-state index contributed by atoms with van der Waals surface area (Å²) >= 11 is 0. The van der Waals surface area contributed by atoms with Gasteiger partial charge in [-0.1, -0.05) is 5.16 Å².